The Morgan fingerprint density at radius 3 is 1.82 bits per heavy atom. The van der Waals surface area contributed by atoms with Gasteiger partial charge in [0.15, 0.2) is 0 Å². The maximum absolute atomic E-state index is 6.22. The van der Waals surface area contributed by atoms with E-state index in [0.29, 0.717) is 5.92 Å². The van der Waals surface area contributed by atoms with Crippen LogP contribution in [0.25, 0.3) is 93.6 Å². The Labute approximate surface area is 390 Å². The van der Waals surface area contributed by atoms with Crippen LogP contribution in [0.15, 0.2) is 229 Å². The van der Waals surface area contributed by atoms with Crippen molar-refractivity contribution in [1.82, 2.24) is 4.57 Å². The van der Waals surface area contributed by atoms with Gasteiger partial charge in [-0.1, -0.05) is 183 Å². The number of benzene rings is 10. The highest BCUT2D eigenvalue weighted by atomic mass is 16.3. The molecule has 0 saturated heterocycles. The molecule has 12 aromatic rings. The standard InChI is InChI=1S/C64H48N2O/c1-3-18-44(19-4-1)49-28-15-20-45-21-16-29-54(63(45)49)50-24-7-11-32-58(50)65(48-39-36-43(37-40-48)46-38-41-62-57(42-46)53-27-10-14-35-61(53)67-62)59-33-12-8-25-51(59)55-30-17-31-56-52-26-9-13-34-60(52)66(64(55)56)47-22-5-2-6-23-47/h2,5-17,20-42,44H,1,3-4,18-19H2. The first-order valence-corrected chi connectivity index (χ1v) is 23.9. The summed E-state index contributed by atoms with van der Waals surface area (Å²) >= 11 is 0. The Morgan fingerprint density at radius 1 is 0.418 bits per heavy atom. The summed E-state index contributed by atoms with van der Waals surface area (Å²) in [7, 11) is 0. The summed E-state index contributed by atoms with van der Waals surface area (Å²) in [5, 5.41) is 7.42. The van der Waals surface area contributed by atoms with Crippen molar-refractivity contribution in [2.75, 3.05) is 4.90 Å². The van der Waals surface area contributed by atoms with Crippen LogP contribution < -0.4 is 4.90 Å². The highest BCUT2D eigenvalue weighted by Gasteiger charge is 2.26. The van der Waals surface area contributed by atoms with Gasteiger partial charge in [0.25, 0.3) is 0 Å². The summed E-state index contributed by atoms with van der Waals surface area (Å²) in [6.07, 6.45) is 6.41. The number of hydrogen-bond donors (Lipinski definition) is 0. The Bertz CT molecular complexity index is 3790. The number of anilines is 3. The molecule has 2 heterocycles. The summed E-state index contributed by atoms with van der Waals surface area (Å²) in [6.45, 7) is 0. The van der Waals surface area contributed by atoms with Crippen molar-refractivity contribution in [3.8, 4) is 39.1 Å². The number of nitrogens with zero attached hydrogens (tertiary/aromatic N) is 2. The molecule has 13 rings (SSSR count). The third-order valence-electron chi connectivity index (χ3n) is 14.4. The molecule has 0 amide bonds. The molecule has 2 aromatic heterocycles. The summed E-state index contributed by atoms with van der Waals surface area (Å²) in [5.41, 5.74) is 17.3. The minimum Gasteiger partial charge on any atom is -0.456 e. The molecule has 0 aliphatic heterocycles. The Hall–Kier alpha value is -8.14. The normalized spacial score (nSPS) is 13.3. The van der Waals surface area contributed by atoms with Gasteiger partial charge in [0, 0.05) is 49.6 Å². The maximum atomic E-state index is 6.22. The lowest BCUT2D eigenvalue weighted by Gasteiger charge is -2.31. The van der Waals surface area contributed by atoms with Gasteiger partial charge in [0.1, 0.15) is 11.2 Å². The lowest BCUT2D eigenvalue weighted by molar-refractivity contribution is 0.445. The van der Waals surface area contributed by atoms with E-state index in [0.717, 1.165) is 61.4 Å². The van der Waals surface area contributed by atoms with Gasteiger partial charge in [-0.2, -0.15) is 0 Å². The molecular weight excluding hydrogens is 813 g/mol. The largest absolute Gasteiger partial charge is 0.456 e. The first-order chi connectivity index (χ1) is 33.3. The predicted molar refractivity (Wildman–Crippen MR) is 282 cm³/mol. The minimum absolute atomic E-state index is 0.561. The summed E-state index contributed by atoms with van der Waals surface area (Å²) < 4.78 is 8.67. The zero-order chi connectivity index (χ0) is 44.3. The van der Waals surface area contributed by atoms with Crippen LogP contribution in [0.1, 0.15) is 43.6 Å². The number of aromatic nitrogens is 1. The maximum Gasteiger partial charge on any atom is 0.135 e. The number of fused-ring (bicyclic) bond motifs is 7. The van der Waals surface area contributed by atoms with Crippen LogP contribution >= 0.6 is 0 Å². The Morgan fingerprint density at radius 2 is 1.01 bits per heavy atom. The second-order valence-electron chi connectivity index (χ2n) is 18.2. The molecule has 0 spiro atoms. The second-order valence-corrected chi connectivity index (χ2v) is 18.2. The molecule has 1 aliphatic carbocycles. The number of para-hydroxylation sites is 6. The molecule has 0 radical (unpaired) electrons. The molecule has 0 bridgehead atoms. The van der Waals surface area contributed by atoms with E-state index in [1.807, 2.05) is 12.1 Å². The molecule has 1 saturated carbocycles. The van der Waals surface area contributed by atoms with Crippen LogP contribution in [-0.4, -0.2) is 4.57 Å². The van der Waals surface area contributed by atoms with Crippen molar-refractivity contribution in [2.24, 2.45) is 0 Å². The van der Waals surface area contributed by atoms with Crippen molar-refractivity contribution in [2.45, 2.75) is 38.0 Å². The molecule has 320 valence electrons. The molecular formula is C64H48N2O. The molecule has 0 N–H and O–H groups in total. The highest BCUT2D eigenvalue weighted by molar-refractivity contribution is 6.15. The van der Waals surface area contributed by atoms with E-state index < -0.39 is 0 Å². The van der Waals surface area contributed by atoms with Crippen LogP contribution in [0.2, 0.25) is 0 Å². The summed E-state index contributed by atoms with van der Waals surface area (Å²) in [4.78, 5) is 2.51. The smallest absolute Gasteiger partial charge is 0.135 e. The lowest BCUT2D eigenvalue weighted by atomic mass is 9.80. The SMILES string of the molecule is c1ccc(-n2c3ccccc3c3cccc(-c4ccccc4N(c4ccc(-c5ccc6oc7ccccc7c6c5)cc4)c4ccccc4-c4cccc5cccc(C6CCCCC6)c45)c32)cc1. The van der Waals surface area contributed by atoms with Crippen LogP contribution in [0.5, 0.6) is 0 Å². The van der Waals surface area contributed by atoms with E-state index in [4.69, 9.17) is 4.42 Å². The third-order valence-corrected chi connectivity index (χ3v) is 14.4. The van der Waals surface area contributed by atoms with Gasteiger partial charge in [-0.05, 0) is 112 Å². The first-order valence-electron chi connectivity index (χ1n) is 23.9. The Kier molecular flexibility index (Phi) is 9.60. The molecule has 0 atom stereocenters. The van der Waals surface area contributed by atoms with E-state index in [1.165, 1.54) is 86.9 Å². The molecule has 10 aromatic carbocycles. The van der Waals surface area contributed by atoms with Gasteiger partial charge in [-0.25, -0.2) is 0 Å². The summed E-state index contributed by atoms with van der Waals surface area (Å²) in [6, 6.07) is 82.5. The molecule has 1 fully saturated rings. The number of furan rings is 1. The first kappa shape index (κ1) is 39.2. The van der Waals surface area contributed by atoms with Crippen LogP contribution in [0, 0.1) is 0 Å². The molecule has 1 aliphatic rings. The van der Waals surface area contributed by atoms with Crippen molar-refractivity contribution in [1.29, 1.82) is 0 Å². The third kappa shape index (κ3) is 6.64. The molecule has 3 nitrogen and oxygen atoms in total. The number of hydrogen-bond acceptors (Lipinski definition) is 2. The van der Waals surface area contributed by atoms with Gasteiger partial charge in [-0.15, -0.1) is 0 Å². The molecule has 3 heteroatoms. The van der Waals surface area contributed by atoms with E-state index in [-0.39, 0.29) is 0 Å². The zero-order valence-corrected chi connectivity index (χ0v) is 37.3. The monoisotopic (exact) mass is 860 g/mol. The highest BCUT2D eigenvalue weighted by Crippen LogP contribution is 2.49. The minimum atomic E-state index is 0.561. The van der Waals surface area contributed by atoms with Crippen molar-refractivity contribution >= 4 is 71.6 Å². The molecule has 0 unspecified atom stereocenters. The second kappa shape index (κ2) is 16.4. The predicted octanol–water partition coefficient (Wildman–Crippen LogP) is 18.4. The zero-order valence-electron chi connectivity index (χ0n) is 37.3. The average molecular weight is 861 g/mol. The van der Waals surface area contributed by atoms with Crippen LogP contribution in [0.3, 0.4) is 0 Å². The van der Waals surface area contributed by atoms with Gasteiger partial charge in [0.2, 0.25) is 0 Å². The quantitative estimate of drug-likeness (QED) is 0.152. The van der Waals surface area contributed by atoms with Crippen LogP contribution in [0.4, 0.5) is 17.1 Å². The van der Waals surface area contributed by atoms with Crippen molar-refractivity contribution in [3.63, 3.8) is 0 Å². The van der Waals surface area contributed by atoms with Crippen molar-refractivity contribution < 1.29 is 4.42 Å². The van der Waals surface area contributed by atoms with E-state index in [9.17, 15) is 0 Å². The molecule has 67 heavy (non-hydrogen) atoms. The van der Waals surface area contributed by atoms with E-state index in [1.54, 1.807) is 0 Å². The fourth-order valence-electron chi connectivity index (χ4n) is 11.3. The van der Waals surface area contributed by atoms with Gasteiger partial charge >= 0.3 is 0 Å². The fraction of sp³-hybridized carbons (Fsp3) is 0.0938. The lowest BCUT2D eigenvalue weighted by Crippen LogP contribution is -2.13. The van der Waals surface area contributed by atoms with E-state index in [2.05, 4.69) is 222 Å². The van der Waals surface area contributed by atoms with Gasteiger partial charge in [-0.3, -0.25) is 0 Å². The Balaban J connectivity index is 1.04. The van der Waals surface area contributed by atoms with Gasteiger partial charge < -0.3 is 13.9 Å². The topological polar surface area (TPSA) is 21.3 Å². The van der Waals surface area contributed by atoms with Crippen LogP contribution in [-0.2, 0) is 0 Å². The summed E-state index contributed by atoms with van der Waals surface area (Å²) in [5.74, 6) is 0.561. The van der Waals surface area contributed by atoms with E-state index >= 15 is 0 Å². The number of rotatable bonds is 8. The fourth-order valence-corrected chi connectivity index (χ4v) is 11.3. The average Bonchev–Trinajstić information content (AvgIpc) is 3.95. The van der Waals surface area contributed by atoms with Gasteiger partial charge in [0.05, 0.1) is 22.4 Å². The van der Waals surface area contributed by atoms with Crippen molar-refractivity contribution in [3.05, 3.63) is 230 Å².